The van der Waals surface area contributed by atoms with Crippen LogP contribution < -0.4 is 5.32 Å². The summed E-state index contributed by atoms with van der Waals surface area (Å²) in [6.07, 6.45) is 4.99. The third-order valence-corrected chi connectivity index (χ3v) is 3.50. The highest BCUT2D eigenvalue weighted by Crippen LogP contribution is 2.31. The number of nitrogens with one attached hydrogen (secondary N) is 1. The van der Waals surface area contributed by atoms with Gasteiger partial charge in [-0.05, 0) is 18.8 Å². The molecule has 1 aliphatic heterocycles. The fourth-order valence-electron chi connectivity index (χ4n) is 2.44. The first-order valence-electron chi connectivity index (χ1n) is 6.12. The first-order valence-corrected chi connectivity index (χ1v) is 6.12. The monoisotopic (exact) mass is 221 g/mol. The van der Waals surface area contributed by atoms with Crippen LogP contribution in [0.15, 0.2) is 6.20 Å². The zero-order chi connectivity index (χ0) is 11.0. The van der Waals surface area contributed by atoms with E-state index in [0.29, 0.717) is 5.92 Å². The van der Waals surface area contributed by atoms with Gasteiger partial charge < -0.3 is 10.1 Å². The van der Waals surface area contributed by atoms with Crippen LogP contribution in [0.5, 0.6) is 0 Å². The predicted octanol–water partition coefficient (Wildman–Crippen LogP) is 1.13. The van der Waals surface area contributed by atoms with Gasteiger partial charge in [0.2, 0.25) is 0 Å². The Bertz CT molecular complexity index is 370. The third-order valence-electron chi connectivity index (χ3n) is 3.50. The van der Waals surface area contributed by atoms with E-state index in [-0.39, 0.29) is 0 Å². The van der Waals surface area contributed by atoms with E-state index < -0.39 is 0 Å². The summed E-state index contributed by atoms with van der Waals surface area (Å²) in [6.45, 7) is 3.81. The first-order chi connectivity index (χ1) is 7.86. The van der Waals surface area contributed by atoms with Gasteiger partial charge in [-0.25, -0.2) is 0 Å². The highest BCUT2D eigenvalue weighted by atomic mass is 16.5. The second-order valence-corrected chi connectivity index (χ2v) is 4.98. The van der Waals surface area contributed by atoms with Gasteiger partial charge in [0.05, 0.1) is 12.3 Å². The molecular weight excluding hydrogens is 202 g/mol. The van der Waals surface area contributed by atoms with Crippen molar-refractivity contribution in [3.63, 3.8) is 0 Å². The van der Waals surface area contributed by atoms with E-state index in [1.165, 1.54) is 24.1 Å². The molecule has 1 saturated carbocycles. The Morgan fingerprint density at radius 2 is 2.44 bits per heavy atom. The quantitative estimate of drug-likeness (QED) is 0.828. The molecule has 4 nitrogen and oxygen atoms in total. The highest BCUT2D eigenvalue weighted by molar-refractivity contribution is 5.25. The Labute approximate surface area is 96.0 Å². The highest BCUT2D eigenvalue weighted by Gasteiger charge is 2.26. The molecule has 0 saturated heterocycles. The van der Waals surface area contributed by atoms with Crippen molar-refractivity contribution in [2.75, 3.05) is 20.3 Å². The van der Waals surface area contributed by atoms with Gasteiger partial charge in [0.15, 0.2) is 0 Å². The van der Waals surface area contributed by atoms with Crippen molar-refractivity contribution in [2.24, 2.45) is 5.92 Å². The Hall–Kier alpha value is -0.870. The van der Waals surface area contributed by atoms with Crippen molar-refractivity contribution in [2.45, 2.75) is 31.8 Å². The topological polar surface area (TPSA) is 39.1 Å². The first kappa shape index (κ1) is 10.3. The van der Waals surface area contributed by atoms with Crippen molar-refractivity contribution in [3.05, 3.63) is 17.5 Å². The van der Waals surface area contributed by atoms with E-state index in [4.69, 9.17) is 4.74 Å². The van der Waals surface area contributed by atoms with E-state index in [9.17, 15) is 0 Å². The maximum Gasteiger partial charge on any atom is 0.0798 e. The molecule has 1 aromatic heterocycles. The zero-order valence-electron chi connectivity index (χ0n) is 9.78. The van der Waals surface area contributed by atoms with Crippen LogP contribution in [0.2, 0.25) is 0 Å². The molecule has 4 heteroatoms. The summed E-state index contributed by atoms with van der Waals surface area (Å²) >= 11 is 0. The minimum absolute atomic E-state index is 0.474. The Morgan fingerprint density at radius 1 is 1.56 bits per heavy atom. The molecule has 0 spiro atoms. The van der Waals surface area contributed by atoms with Gasteiger partial charge in [0.1, 0.15) is 0 Å². The van der Waals surface area contributed by atoms with E-state index in [1.54, 1.807) is 7.11 Å². The molecule has 3 rings (SSSR count). The number of aromatic nitrogens is 2. The molecule has 0 radical (unpaired) electrons. The summed E-state index contributed by atoms with van der Waals surface area (Å²) in [6, 6.07) is 0. The summed E-state index contributed by atoms with van der Waals surface area (Å²) in [5.74, 6) is 1.36. The molecule has 16 heavy (non-hydrogen) atoms. The lowest BCUT2D eigenvalue weighted by Crippen LogP contribution is -2.29. The van der Waals surface area contributed by atoms with Gasteiger partial charge in [-0.1, -0.05) is 0 Å². The van der Waals surface area contributed by atoms with Crippen LogP contribution >= 0.6 is 0 Å². The summed E-state index contributed by atoms with van der Waals surface area (Å²) in [4.78, 5) is 0. The lowest BCUT2D eigenvalue weighted by molar-refractivity contribution is 0.175. The molecule has 88 valence electrons. The number of hydrogen-bond acceptors (Lipinski definition) is 3. The average molecular weight is 221 g/mol. The van der Waals surface area contributed by atoms with Crippen molar-refractivity contribution in [1.82, 2.24) is 15.1 Å². The van der Waals surface area contributed by atoms with Crippen LogP contribution in [0.3, 0.4) is 0 Å². The third kappa shape index (κ3) is 1.99. The average Bonchev–Trinajstić information content (AvgIpc) is 2.96. The Kier molecular flexibility index (Phi) is 2.69. The molecule has 0 unspecified atom stereocenters. The van der Waals surface area contributed by atoms with Crippen LogP contribution in [0, 0.1) is 5.92 Å². The predicted molar refractivity (Wildman–Crippen MR) is 61.3 cm³/mol. The molecule has 1 atom stereocenters. The summed E-state index contributed by atoms with van der Waals surface area (Å²) in [5.41, 5.74) is 2.61. The number of hydrogen-bond donors (Lipinski definition) is 1. The van der Waals surface area contributed by atoms with Gasteiger partial charge in [-0.15, -0.1) is 0 Å². The van der Waals surface area contributed by atoms with E-state index in [0.717, 1.165) is 32.2 Å². The van der Waals surface area contributed by atoms with Gasteiger partial charge in [-0.2, -0.15) is 5.10 Å². The molecule has 1 aromatic rings. The van der Waals surface area contributed by atoms with Gasteiger partial charge in [0.25, 0.3) is 0 Å². The molecule has 2 heterocycles. The molecule has 0 aromatic carbocycles. The fourth-order valence-corrected chi connectivity index (χ4v) is 2.44. The Morgan fingerprint density at radius 3 is 3.19 bits per heavy atom. The normalized spacial score (nSPS) is 24.4. The van der Waals surface area contributed by atoms with Crippen molar-refractivity contribution >= 4 is 0 Å². The van der Waals surface area contributed by atoms with E-state index >= 15 is 0 Å². The SMILES string of the molecule is COC[C@H]1CNCc2nn(CC3CC3)cc21. The molecule has 1 N–H and O–H groups in total. The molecule has 1 fully saturated rings. The Balaban J connectivity index is 1.79. The molecule has 0 amide bonds. The van der Waals surface area contributed by atoms with Crippen molar-refractivity contribution in [1.29, 1.82) is 0 Å². The van der Waals surface area contributed by atoms with Crippen LogP contribution in [0.25, 0.3) is 0 Å². The summed E-state index contributed by atoms with van der Waals surface area (Å²) in [7, 11) is 1.77. The van der Waals surface area contributed by atoms with E-state index in [2.05, 4.69) is 21.3 Å². The van der Waals surface area contributed by atoms with Gasteiger partial charge in [-0.3, -0.25) is 4.68 Å². The lowest BCUT2D eigenvalue weighted by Gasteiger charge is -2.21. The maximum absolute atomic E-state index is 5.26. The number of rotatable bonds is 4. The van der Waals surface area contributed by atoms with Crippen LogP contribution in [0.4, 0.5) is 0 Å². The zero-order valence-corrected chi connectivity index (χ0v) is 9.78. The van der Waals surface area contributed by atoms with Crippen LogP contribution in [-0.2, 0) is 17.8 Å². The van der Waals surface area contributed by atoms with Crippen molar-refractivity contribution in [3.8, 4) is 0 Å². The van der Waals surface area contributed by atoms with Crippen molar-refractivity contribution < 1.29 is 4.74 Å². The maximum atomic E-state index is 5.26. The minimum Gasteiger partial charge on any atom is -0.384 e. The number of fused-ring (bicyclic) bond motifs is 1. The lowest BCUT2D eigenvalue weighted by atomic mass is 9.97. The molecule has 1 aliphatic carbocycles. The number of ether oxygens (including phenoxy) is 1. The molecule has 0 bridgehead atoms. The standard InChI is InChI=1S/C12H19N3O/c1-16-8-10-4-13-5-12-11(10)7-15(14-12)6-9-2-3-9/h7,9-10,13H,2-6,8H2,1H3/t10-/m1/s1. The van der Waals surface area contributed by atoms with E-state index in [1.807, 2.05) is 0 Å². The fraction of sp³-hybridized carbons (Fsp3) is 0.750. The minimum atomic E-state index is 0.474. The van der Waals surface area contributed by atoms with Crippen LogP contribution in [0.1, 0.15) is 30.0 Å². The number of methoxy groups -OCH3 is 1. The smallest absolute Gasteiger partial charge is 0.0798 e. The second kappa shape index (κ2) is 4.18. The van der Waals surface area contributed by atoms with Gasteiger partial charge in [0, 0.05) is 44.4 Å². The molecular formula is C12H19N3O. The van der Waals surface area contributed by atoms with Gasteiger partial charge >= 0.3 is 0 Å². The van der Waals surface area contributed by atoms with Crippen LogP contribution in [-0.4, -0.2) is 30.0 Å². The second-order valence-electron chi connectivity index (χ2n) is 4.98. The summed E-state index contributed by atoms with van der Waals surface area (Å²) < 4.78 is 7.40. The summed E-state index contributed by atoms with van der Waals surface area (Å²) in [5, 5.41) is 8.06. The molecule has 2 aliphatic rings. The largest absolute Gasteiger partial charge is 0.384 e. The number of nitrogens with zero attached hydrogens (tertiary/aromatic N) is 2.